The third-order valence-electron chi connectivity index (χ3n) is 5.90. The first-order chi connectivity index (χ1) is 13.9. The molecule has 1 atom stereocenters. The molecule has 7 nitrogen and oxygen atoms in total. The normalized spacial score (nSPS) is 20.1. The summed E-state index contributed by atoms with van der Waals surface area (Å²) in [6, 6.07) is 9.00. The van der Waals surface area contributed by atoms with Gasteiger partial charge in [0.2, 0.25) is 10.0 Å². The van der Waals surface area contributed by atoms with Gasteiger partial charge in [0.1, 0.15) is 0 Å². The number of hydrogen-bond acceptors (Lipinski definition) is 5. The van der Waals surface area contributed by atoms with Gasteiger partial charge in [0, 0.05) is 50.2 Å². The van der Waals surface area contributed by atoms with Gasteiger partial charge in [-0.1, -0.05) is 6.07 Å². The van der Waals surface area contributed by atoms with Crippen molar-refractivity contribution in [1.82, 2.24) is 19.1 Å². The summed E-state index contributed by atoms with van der Waals surface area (Å²) >= 11 is 0. The predicted molar refractivity (Wildman–Crippen MR) is 110 cm³/mol. The summed E-state index contributed by atoms with van der Waals surface area (Å²) in [5, 5.41) is 0. The molecule has 2 aliphatic rings. The molecule has 1 unspecified atom stereocenters. The van der Waals surface area contributed by atoms with E-state index in [1.165, 1.54) is 0 Å². The highest BCUT2D eigenvalue weighted by Crippen LogP contribution is 2.27. The van der Waals surface area contributed by atoms with E-state index in [9.17, 15) is 13.2 Å². The van der Waals surface area contributed by atoms with Crippen LogP contribution in [-0.2, 0) is 23.0 Å². The molecule has 154 valence electrons. The lowest BCUT2D eigenvalue weighted by Gasteiger charge is -2.29. The monoisotopic (exact) mass is 414 g/mol. The fourth-order valence-electron chi connectivity index (χ4n) is 4.04. The van der Waals surface area contributed by atoms with Crippen LogP contribution in [0.3, 0.4) is 0 Å². The quantitative estimate of drug-likeness (QED) is 0.760. The number of sulfonamides is 1. The van der Waals surface area contributed by atoms with Gasteiger partial charge in [0.25, 0.3) is 5.91 Å². The van der Waals surface area contributed by atoms with Crippen molar-refractivity contribution in [3.8, 4) is 0 Å². The minimum atomic E-state index is -3.53. The van der Waals surface area contributed by atoms with Crippen LogP contribution in [0.4, 0.5) is 0 Å². The van der Waals surface area contributed by atoms with Gasteiger partial charge in [-0.2, -0.15) is 4.31 Å². The van der Waals surface area contributed by atoms with E-state index < -0.39 is 10.0 Å². The van der Waals surface area contributed by atoms with Gasteiger partial charge in [-0.05, 0) is 62.3 Å². The van der Waals surface area contributed by atoms with Crippen LogP contribution in [0.5, 0.6) is 0 Å². The molecule has 8 heteroatoms. The third kappa shape index (κ3) is 3.92. The number of carbonyl (C=O) groups excluding carboxylic acids is 1. The number of nitrogens with zero attached hydrogens (tertiary/aromatic N) is 4. The summed E-state index contributed by atoms with van der Waals surface area (Å²) in [6.07, 6.45) is 4.77. The molecular formula is C21H26N4O3S. The zero-order chi connectivity index (χ0) is 20.6. The Kier molecular flexibility index (Phi) is 5.42. The van der Waals surface area contributed by atoms with Crippen LogP contribution >= 0.6 is 0 Å². The highest BCUT2D eigenvalue weighted by molar-refractivity contribution is 7.89. The minimum absolute atomic E-state index is 0.0559. The van der Waals surface area contributed by atoms with Crippen molar-refractivity contribution >= 4 is 15.9 Å². The summed E-state index contributed by atoms with van der Waals surface area (Å²) in [4.78, 5) is 20.9. The maximum Gasteiger partial charge on any atom is 0.254 e. The molecule has 2 aliphatic heterocycles. The Labute approximate surface area is 172 Å². The molecule has 0 N–H and O–H groups in total. The molecule has 1 fully saturated rings. The minimum Gasteiger partial charge on any atom is -0.334 e. The standard InChI is InChI=1S/C21H26N4O3S/c1-23(2)19-8-12-25(15-19)29(27,28)20-4-3-16-7-11-24(14-18(16)13-20)21(26)17-5-9-22-10-6-17/h3-6,9-10,13,19H,7-8,11-12,14-15H2,1-2H3. The van der Waals surface area contributed by atoms with Gasteiger partial charge >= 0.3 is 0 Å². The number of rotatable bonds is 4. The fourth-order valence-corrected chi connectivity index (χ4v) is 5.59. The van der Waals surface area contributed by atoms with Crippen molar-refractivity contribution in [3.05, 3.63) is 59.4 Å². The molecule has 0 bridgehead atoms. The van der Waals surface area contributed by atoms with Crippen molar-refractivity contribution in [1.29, 1.82) is 0 Å². The van der Waals surface area contributed by atoms with Crippen molar-refractivity contribution in [3.63, 3.8) is 0 Å². The highest BCUT2D eigenvalue weighted by Gasteiger charge is 2.34. The van der Waals surface area contributed by atoms with E-state index >= 15 is 0 Å². The molecule has 0 radical (unpaired) electrons. The first kappa shape index (κ1) is 20.0. The lowest BCUT2D eigenvalue weighted by molar-refractivity contribution is 0.0734. The second kappa shape index (κ2) is 7.85. The SMILES string of the molecule is CN(C)C1CCN(S(=O)(=O)c2ccc3c(c2)CN(C(=O)c2ccncc2)CC3)C1. The molecule has 0 saturated carbocycles. The second-order valence-corrected chi connectivity index (χ2v) is 9.85. The molecule has 0 spiro atoms. The summed E-state index contributed by atoms with van der Waals surface area (Å²) in [7, 11) is 0.427. The van der Waals surface area contributed by atoms with E-state index in [1.807, 2.05) is 20.2 Å². The number of likely N-dealkylation sites (N-methyl/N-ethyl adjacent to an activating group) is 1. The summed E-state index contributed by atoms with van der Waals surface area (Å²) in [6.45, 7) is 2.09. The van der Waals surface area contributed by atoms with Gasteiger partial charge < -0.3 is 9.80 Å². The first-order valence-corrected chi connectivity index (χ1v) is 11.3. The highest BCUT2D eigenvalue weighted by atomic mass is 32.2. The zero-order valence-electron chi connectivity index (χ0n) is 16.8. The van der Waals surface area contributed by atoms with Crippen molar-refractivity contribution in [2.24, 2.45) is 0 Å². The Balaban J connectivity index is 1.55. The molecular weight excluding hydrogens is 388 g/mol. The van der Waals surface area contributed by atoms with Gasteiger partial charge in [0.15, 0.2) is 0 Å². The molecule has 1 amide bonds. The number of aromatic nitrogens is 1. The lowest BCUT2D eigenvalue weighted by Crippen LogP contribution is -2.36. The molecule has 2 aromatic rings. The fraction of sp³-hybridized carbons (Fsp3) is 0.429. The maximum atomic E-state index is 13.1. The largest absolute Gasteiger partial charge is 0.334 e. The van der Waals surface area contributed by atoms with Crippen LogP contribution in [0.1, 0.15) is 27.9 Å². The van der Waals surface area contributed by atoms with Crippen LogP contribution in [0, 0.1) is 0 Å². The molecule has 4 rings (SSSR count). The lowest BCUT2D eigenvalue weighted by atomic mass is 9.99. The molecule has 3 heterocycles. The van der Waals surface area contributed by atoms with Crippen LogP contribution in [0.25, 0.3) is 0 Å². The van der Waals surface area contributed by atoms with Crippen molar-refractivity contribution in [2.75, 3.05) is 33.7 Å². The van der Waals surface area contributed by atoms with Crippen LogP contribution < -0.4 is 0 Å². The maximum absolute atomic E-state index is 13.1. The van der Waals surface area contributed by atoms with Crippen LogP contribution in [0.2, 0.25) is 0 Å². The van der Waals surface area contributed by atoms with Gasteiger partial charge in [-0.3, -0.25) is 9.78 Å². The van der Waals surface area contributed by atoms with E-state index in [4.69, 9.17) is 0 Å². The molecule has 1 aromatic carbocycles. The number of carbonyl (C=O) groups is 1. The molecule has 0 aliphatic carbocycles. The van der Waals surface area contributed by atoms with Gasteiger partial charge in [-0.15, -0.1) is 0 Å². The average molecular weight is 415 g/mol. The predicted octanol–water partition coefficient (Wildman–Crippen LogP) is 1.60. The average Bonchev–Trinajstić information content (AvgIpc) is 3.24. The van der Waals surface area contributed by atoms with E-state index in [0.717, 1.165) is 24.0 Å². The number of benzene rings is 1. The first-order valence-electron chi connectivity index (χ1n) is 9.84. The van der Waals surface area contributed by atoms with Crippen molar-refractivity contribution < 1.29 is 13.2 Å². The van der Waals surface area contributed by atoms with E-state index in [2.05, 4.69) is 9.88 Å². The van der Waals surface area contributed by atoms with E-state index in [1.54, 1.807) is 45.9 Å². The zero-order valence-corrected chi connectivity index (χ0v) is 17.6. The molecule has 1 saturated heterocycles. The number of fused-ring (bicyclic) bond motifs is 1. The summed E-state index contributed by atoms with van der Waals surface area (Å²) in [5.74, 6) is -0.0559. The third-order valence-corrected chi connectivity index (χ3v) is 7.76. The molecule has 29 heavy (non-hydrogen) atoms. The van der Waals surface area contributed by atoms with Gasteiger partial charge in [-0.25, -0.2) is 8.42 Å². The Hall–Kier alpha value is -2.29. The van der Waals surface area contributed by atoms with E-state index in [-0.39, 0.29) is 11.9 Å². The van der Waals surface area contributed by atoms with Gasteiger partial charge in [0.05, 0.1) is 4.90 Å². The Morgan fingerprint density at radius 2 is 1.86 bits per heavy atom. The van der Waals surface area contributed by atoms with Crippen LogP contribution in [0.15, 0.2) is 47.6 Å². The molecule has 1 aromatic heterocycles. The summed E-state index contributed by atoms with van der Waals surface area (Å²) in [5.41, 5.74) is 2.61. The summed E-state index contributed by atoms with van der Waals surface area (Å²) < 4.78 is 27.9. The Bertz CT molecular complexity index is 1010. The number of pyridine rings is 1. The van der Waals surface area contributed by atoms with Crippen LogP contribution in [-0.4, -0.2) is 73.2 Å². The topological polar surface area (TPSA) is 73.8 Å². The second-order valence-electron chi connectivity index (χ2n) is 7.91. The Morgan fingerprint density at radius 1 is 1.10 bits per heavy atom. The van der Waals surface area contributed by atoms with E-state index in [0.29, 0.717) is 36.6 Å². The number of amides is 1. The Morgan fingerprint density at radius 3 is 2.55 bits per heavy atom. The smallest absolute Gasteiger partial charge is 0.254 e. The number of hydrogen-bond donors (Lipinski definition) is 0. The van der Waals surface area contributed by atoms with Crippen molar-refractivity contribution in [2.45, 2.75) is 30.3 Å².